The molecule has 0 radical (unpaired) electrons. The Hall–Kier alpha value is -0.890. The molecule has 0 aliphatic heterocycles. The molecule has 122 valence electrons. The number of ether oxygens (including phenoxy) is 1. The first-order chi connectivity index (χ1) is 9.66. The minimum atomic E-state index is -3.65. The molecule has 1 rings (SSSR count). The minimum Gasteiger partial charge on any atom is -0.447 e. The fourth-order valence-corrected chi connectivity index (χ4v) is 2.83. The van der Waals surface area contributed by atoms with Crippen LogP contribution in [0.2, 0.25) is 0 Å². The van der Waals surface area contributed by atoms with E-state index in [2.05, 4.69) is 10.0 Å². The standard InChI is InChI=1S/C14H26N2O4S/c1-6-19-14(4,5)10-16-21(17,18)13-8-7-12(20-13)9-15-11(2)3/h7-8,11,15-16H,6,9-10H2,1-5H3. The van der Waals surface area contributed by atoms with Gasteiger partial charge in [-0.2, -0.15) is 0 Å². The zero-order valence-electron chi connectivity index (χ0n) is 13.4. The van der Waals surface area contributed by atoms with Gasteiger partial charge in [-0.25, -0.2) is 13.1 Å². The lowest BCUT2D eigenvalue weighted by Crippen LogP contribution is -2.40. The van der Waals surface area contributed by atoms with Crippen molar-refractivity contribution in [1.29, 1.82) is 0 Å². The summed E-state index contributed by atoms with van der Waals surface area (Å²) in [5.74, 6) is 0.591. The Morgan fingerprint density at radius 2 is 2.00 bits per heavy atom. The van der Waals surface area contributed by atoms with Gasteiger partial charge in [-0.3, -0.25) is 0 Å². The highest BCUT2D eigenvalue weighted by Crippen LogP contribution is 2.15. The lowest BCUT2D eigenvalue weighted by atomic mass is 10.1. The van der Waals surface area contributed by atoms with Crippen LogP contribution in [0.4, 0.5) is 0 Å². The van der Waals surface area contributed by atoms with Gasteiger partial charge in [0.1, 0.15) is 5.76 Å². The molecule has 0 saturated heterocycles. The molecule has 0 aromatic carbocycles. The molecule has 0 unspecified atom stereocenters. The molecular formula is C14H26N2O4S. The van der Waals surface area contributed by atoms with E-state index in [-0.39, 0.29) is 11.6 Å². The minimum absolute atomic E-state index is 0.0737. The topological polar surface area (TPSA) is 80.6 Å². The molecule has 0 amide bonds. The van der Waals surface area contributed by atoms with Crippen LogP contribution in [0.15, 0.2) is 21.6 Å². The van der Waals surface area contributed by atoms with Crippen LogP contribution in [-0.4, -0.2) is 33.2 Å². The molecule has 7 heteroatoms. The molecule has 1 heterocycles. The van der Waals surface area contributed by atoms with Gasteiger partial charge >= 0.3 is 0 Å². The maximum absolute atomic E-state index is 12.2. The van der Waals surface area contributed by atoms with Gasteiger partial charge in [0.15, 0.2) is 0 Å². The van der Waals surface area contributed by atoms with Crippen molar-refractivity contribution in [2.75, 3.05) is 13.2 Å². The van der Waals surface area contributed by atoms with Crippen LogP contribution >= 0.6 is 0 Å². The van der Waals surface area contributed by atoms with Crippen molar-refractivity contribution >= 4 is 10.0 Å². The second kappa shape index (κ2) is 7.40. The Balaban J connectivity index is 2.66. The third kappa shape index (κ3) is 6.17. The first kappa shape index (κ1) is 18.2. The van der Waals surface area contributed by atoms with Crippen LogP contribution in [0.25, 0.3) is 0 Å². The van der Waals surface area contributed by atoms with E-state index in [4.69, 9.17) is 9.15 Å². The van der Waals surface area contributed by atoms with Crippen molar-refractivity contribution in [3.63, 3.8) is 0 Å². The normalized spacial score (nSPS) is 13.0. The Labute approximate surface area is 127 Å². The van der Waals surface area contributed by atoms with Crippen LogP contribution in [0.1, 0.15) is 40.4 Å². The number of hydrogen-bond acceptors (Lipinski definition) is 5. The van der Waals surface area contributed by atoms with Crippen LogP contribution in [0, 0.1) is 0 Å². The molecule has 0 bridgehead atoms. The summed E-state index contributed by atoms with van der Waals surface area (Å²) in [7, 11) is -3.65. The number of nitrogens with one attached hydrogen (secondary N) is 2. The second-order valence-electron chi connectivity index (χ2n) is 5.77. The van der Waals surface area contributed by atoms with E-state index >= 15 is 0 Å². The van der Waals surface area contributed by atoms with Crippen LogP contribution < -0.4 is 10.0 Å². The fraction of sp³-hybridized carbons (Fsp3) is 0.714. The zero-order chi connectivity index (χ0) is 16.1. The Kier molecular flexibility index (Phi) is 6.40. The van der Waals surface area contributed by atoms with Crippen molar-refractivity contribution in [3.05, 3.63) is 17.9 Å². The fourth-order valence-electron chi connectivity index (χ4n) is 1.68. The summed E-state index contributed by atoms with van der Waals surface area (Å²) in [6.07, 6.45) is 0. The average molecular weight is 318 g/mol. The van der Waals surface area contributed by atoms with Crippen LogP contribution in [-0.2, 0) is 21.3 Å². The average Bonchev–Trinajstić information content (AvgIpc) is 2.84. The van der Waals surface area contributed by atoms with E-state index in [9.17, 15) is 8.42 Å². The second-order valence-corrected chi connectivity index (χ2v) is 7.47. The quantitative estimate of drug-likeness (QED) is 0.726. The molecular weight excluding hydrogens is 292 g/mol. The van der Waals surface area contributed by atoms with E-state index in [0.29, 0.717) is 25.0 Å². The van der Waals surface area contributed by atoms with Gasteiger partial charge in [-0.05, 0) is 32.9 Å². The summed E-state index contributed by atoms with van der Waals surface area (Å²) in [5.41, 5.74) is -0.559. The van der Waals surface area contributed by atoms with E-state index < -0.39 is 15.6 Å². The summed E-state index contributed by atoms with van der Waals surface area (Å²) < 4.78 is 37.7. The number of hydrogen-bond donors (Lipinski definition) is 2. The molecule has 1 aromatic rings. The summed E-state index contributed by atoms with van der Waals surface area (Å²) in [6, 6.07) is 3.44. The van der Waals surface area contributed by atoms with Gasteiger partial charge in [0.25, 0.3) is 10.0 Å². The van der Waals surface area contributed by atoms with Crippen LogP contribution in [0.5, 0.6) is 0 Å². The number of rotatable bonds is 9. The van der Waals surface area contributed by atoms with Gasteiger partial charge in [-0.15, -0.1) is 0 Å². The monoisotopic (exact) mass is 318 g/mol. The van der Waals surface area contributed by atoms with Crippen molar-refractivity contribution in [1.82, 2.24) is 10.0 Å². The molecule has 0 saturated carbocycles. The van der Waals surface area contributed by atoms with E-state index in [1.807, 2.05) is 34.6 Å². The Morgan fingerprint density at radius 1 is 1.33 bits per heavy atom. The SMILES string of the molecule is CCOC(C)(C)CNS(=O)(=O)c1ccc(CNC(C)C)o1. The van der Waals surface area contributed by atoms with Gasteiger partial charge in [0, 0.05) is 19.2 Å². The van der Waals surface area contributed by atoms with Crippen molar-refractivity contribution < 1.29 is 17.6 Å². The highest BCUT2D eigenvalue weighted by Gasteiger charge is 2.24. The summed E-state index contributed by atoms with van der Waals surface area (Å²) in [5, 5.41) is 3.10. The molecule has 2 N–H and O–H groups in total. The Morgan fingerprint density at radius 3 is 2.57 bits per heavy atom. The van der Waals surface area contributed by atoms with E-state index in [1.165, 1.54) is 6.07 Å². The van der Waals surface area contributed by atoms with Gasteiger partial charge in [0.05, 0.1) is 12.1 Å². The molecule has 21 heavy (non-hydrogen) atoms. The number of furan rings is 1. The molecule has 0 aliphatic rings. The molecule has 0 fully saturated rings. The van der Waals surface area contributed by atoms with Gasteiger partial charge in [-0.1, -0.05) is 13.8 Å². The first-order valence-corrected chi connectivity index (χ1v) is 8.60. The maximum Gasteiger partial charge on any atom is 0.274 e. The zero-order valence-corrected chi connectivity index (χ0v) is 14.2. The Bertz CT molecular complexity index is 535. The summed E-state index contributed by atoms with van der Waals surface area (Å²) in [4.78, 5) is 0. The summed E-state index contributed by atoms with van der Waals surface area (Å²) in [6.45, 7) is 10.8. The van der Waals surface area contributed by atoms with Crippen molar-refractivity contribution in [2.24, 2.45) is 0 Å². The van der Waals surface area contributed by atoms with Crippen LogP contribution in [0.3, 0.4) is 0 Å². The molecule has 1 aromatic heterocycles. The molecule has 0 spiro atoms. The highest BCUT2D eigenvalue weighted by molar-refractivity contribution is 7.89. The van der Waals surface area contributed by atoms with E-state index in [1.54, 1.807) is 6.07 Å². The number of sulfonamides is 1. The lowest BCUT2D eigenvalue weighted by Gasteiger charge is -2.24. The third-order valence-electron chi connectivity index (χ3n) is 2.81. The van der Waals surface area contributed by atoms with Gasteiger partial charge in [0.2, 0.25) is 5.09 Å². The maximum atomic E-state index is 12.2. The van der Waals surface area contributed by atoms with Gasteiger partial charge < -0.3 is 14.5 Å². The molecule has 6 nitrogen and oxygen atoms in total. The van der Waals surface area contributed by atoms with E-state index in [0.717, 1.165) is 0 Å². The van der Waals surface area contributed by atoms with Crippen molar-refractivity contribution in [2.45, 2.75) is 57.9 Å². The molecule has 0 atom stereocenters. The predicted octanol–water partition coefficient (Wildman–Crippen LogP) is 1.87. The third-order valence-corrected chi connectivity index (χ3v) is 4.08. The first-order valence-electron chi connectivity index (χ1n) is 7.12. The molecule has 0 aliphatic carbocycles. The predicted molar refractivity (Wildman–Crippen MR) is 81.6 cm³/mol. The lowest BCUT2D eigenvalue weighted by molar-refractivity contribution is -0.00519. The van der Waals surface area contributed by atoms with Crippen molar-refractivity contribution in [3.8, 4) is 0 Å². The largest absolute Gasteiger partial charge is 0.447 e. The smallest absolute Gasteiger partial charge is 0.274 e. The summed E-state index contributed by atoms with van der Waals surface area (Å²) >= 11 is 0. The highest BCUT2D eigenvalue weighted by atomic mass is 32.2.